The third-order valence-corrected chi connectivity index (χ3v) is 8.30. The lowest BCUT2D eigenvalue weighted by atomic mass is 9.97. The van der Waals surface area contributed by atoms with E-state index in [-0.39, 0.29) is 42.2 Å². The zero-order chi connectivity index (χ0) is 26.5. The summed E-state index contributed by atoms with van der Waals surface area (Å²) in [5.41, 5.74) is 3.27. The topological polar surface area (TPSA) is 81.8 Å². The molecular formula is C30H37FN4O3. The summed E-state index contributed by atoms with van der Waals surface area (Å²) < 4.78 is 13.3. The van der Waals surface area contributed by atoms with Gasteiger partial charge in [0.2, 0.25) is 11.8 Å². The fraction of sp³-hybridized carbons (Fsp3) is 0.500. The van der Waals surface area contributed by atoms with Crippen LogP contribution in [0.2, 0.25) is 0 Å². The standard InChI is InChI=1S/C30H37FN4O3/c31-25-11-9-21(10-12-25)19-33-30(38)35-15-6-2-1-5-14-32-28(36)26-17-24(18-27(26)35)29(37)34-16-13-22-7-3-4-8-23(22)20-34/h3-4,7-12,24,26-27H,1-2,5-6,13-20H2,(H,32,36)(H,33,38)/t24-,26-,27+/m1/s1. The highest BCUT2D eigenvalue weighted by Crippen LogP contribution is 2.37. The van der Waals surface area contributed by atoms with Crippen molar-refractivity contribution in [2.75, 3.05) is 19.6 Å². The first-order chi connectivity index (χ1) is 18.5. The molecule has 1 saturated carbocycles. The quantitative estimate of drug-likeness (QED) is 0.642. The Bertz CT molecular complexity index is 1150. The molecule has 0 spiro atoms. The van der Waals surface area contributed by atoms with Crippen molar-refractivity contribution < 1.29 is 18.8 Å². The third kappa shape index (κ3) is 6.00. The van der Waals surface area contributed by atoms with Crippen LogP contribution in [0.3, 0.4) is 0 Å². The maximum absolute atomic E-state index is 13.7. The summed E-state index contributed by atoms with van der Waals surface area (Å²) in [6.07, 6.45) is 5.51. The number of urea groups is 1. The first-order valence-electron chi connectivity index (χ1n) is 13.9. The molecule has 2 aromatic rings. The zero-order valence-corrected chi connectivity index (χ0v) is 21.8. The molecule has 2 N–H and O–H groups in total. The molecule has 0 radical (unpaired) electrons. The van der Waals surface area contributed by atoms with Gasteiger partial charge < -0.3 is 20.4 Å². The molecule has 3 atom stereocenters. The smallest absolute Gasteiger partial charge is 0.317 e. The van der Waals surface area contributed by atoms with E-state index in [2.05, 4.69) is 22.8 Å². The maximum atomic E-state index is 13.7. The van der Waals surface area contributed by atoms with Crippen LogP contribution >= 0.6 is 0 Å². The van der Waals surface area contributed by atoms with Gasteiger partial charge in [-0.2, -0.15) is 0 Å². The number of fused-ring (bicyclic) bond motifs is 2. The van der Waals surface area contributed by atoms with Gasteiger partial charge >= 0.3 is 6.03 Å². The van der Waals surface area contributed by atoms with Crippen molar-refractivity contribution in [1.29, 1.82) is 0 Å². The van der Waals surface area contributed by atoms with Crippen LogP contribution in [-0.4, -0.2) is 53.3 Å². The van der Waals surface area contributed by atoms with Crippen molar-refractivity contribution in [1.82, 2.24) is 20.4 Å². The lowest BCUT2D eigenvalue weighted by Gasteiger charge is -2.33. The van der Waals surface area contributed by atoms with Gasteiger partial charge in [-0.15, -0.1) is 0 Å². The summed E-state index contributed by atoms with van der Waals surface area (Å²) in [6.45, 7) is 2.71. The minimum Gasteiger partial charge on any atom is -0.356 e. The number of halogens is 1. The summed E-state index contributed by atoms with van der Waals surface area (Å²) in [6, 6.07) is 13.7. The van der Waals surface area contributed by atoms with Crippen molar-refractivity contribution in [3.63, 3.8) is 0 Å². The van der Waals surface area contributed by atoms with Crippen LogP contribution in [0.15, 0.2) is 48.5 Å². The maximum Gasteiger partial charge on any atom is 0.317 e. The molecule has 2 aromatic carbocycles. The van der Waals surface area contributed by atoms with Gasteiger partial charge in [-0.05, 0) is 60.9 Å². The number of benzene rings is 2. The zero-order valence-electron chi connectivity index (χ0n) is 21.8. The lowest BCUT2D eigenvalue weighted by Crippen LogP contribution is -2.50. The van der Waals surface area contributed by atoms with Crippen molar-refractivity contribution in [3.05, 3.63) is 71.0 Å². The van der Waals surface area contributed by atoms with Gasteiger partial charge in [0.05, 0.1) is 5.92 Å². The van der Waals surface area contributed by atoms with Gasteiger partial charge in [0.25, 0.3) is 0 Å². The van der Waals surface area contributed by atoms with Crippen LogP contribution in [0, 0.1) is 17.7 Å². The van der Waals surface area contributed by atoms with Gasteiger partial charge in [0.15, 0.2) is 0 Å². The Morgan fingerprint density at radius 2 is 1.71 bits per heavy atom. The summed E-state index contributed by atoms with van der Waals surface area (Å²) in [5.74, 6) is -1.02. The number of carbonyl (C=O) groups is 3. The highest BCUT2D eigenvalue weighted by atomic mass is 19.1. The molecule has 0 bridgehead atoms. The molecule has 38 heavy (non-hydrogen) atoms. The fourth-order valence-corrected chi connectivity index (χ4v) is 6.19. The van der Waals surface area contributed by atoms with E-state index in [1.54, 1.807) is 17.0 Å². The van der Waals surface area contributed by atoms with Crippen LogP contribution < -0.4 is 10.6 Å². The average molecular weight is 521 g/mol. The molecule has 1 aliphatic carbocycles. The molecule has 0 unspecified atom stereocenters. The Morgan fingerprint density at radius 1 is 0.947 bits per heavy atom. The molecule has 3 aliphatic rings. The predicted octanol–water partition coefficient (Wildman–Crippen LogP) is 4.01. The Kier molecular flexibility index (Phi) is 8.25. The van der Waals surface area contributed by atoms with Crippen molar-refractivity contribution in [2.45, 2.75) is 64.1 Å². The van der Waals surface area contributed by atoms with E-state index >= 15 is 0 Å². The molecule has 2 heterocycles. The van der Waals surface area contributed by atoms with Crippen LogP contribution in [0.5, 0.6) is 0 Å². The number of nitrogens with zero attached hydrogens (tertiary/aromatic N) is 2. The molecular weight excluding hydrogens is 483 g/mol. The van der Waals surface area contributed by atoms with Crippen LogP contribution in [0.1, 0.15) is 55.2 Å². The lowest BCUT2D eigenvalue weighted by molar-refractivity contribution is -0.136. The molecule has 7 nitrogen and oxygen atoms in total. The molecule has 202 valence electrons. The number of rotatable bonds is 3. The van der Waals surface area contributed by atoms with Crippen LogP contribution in [-0.2, 0) is 29.1 Å². The monoisotopic (exact) mass is 520 g/mol. The van der Waals surface area contributed by atoms with Gasteiger partial charge in [0.1, 0.15) is 5.82 Å². The number of nitrogens with one attached hydrogen (secondary N) is 2. The Morgan fingerprint density at radius 3 is 2.53 bits per heavy atom. The highest BCUT2D eigenvalue weighted by molar-refractivity contribution is 5.85. The van der Waals surface area contributed by atoms with E-state index in [0.717, 1.165) is 37.7 Å². The second kappa shape index (κ2) is 12.0. The highest BCUT2D eigenvalue weighted by Gasteiger charge is 2.46. The molecule has 0 aromatic heterocycles. The number of hydrogen-bond acceptors (Lipinski definition) is 3. The number of hydrogen-bond donors (Lipinski definition) is 2. The minimum atomic E-state index is -0.421. The van der Waals surface area contributed by atoms with E-state index < -0.39 is 5.92 Å². The van der Waals surface area contributed by atoms with Gasteiger partial charge in [-0.1, -0.05) is 49.2 Å². The molecule has 2 aliphatic heterocycles. The van der Waals surface area contributed by atoms with E-state index in [4.69, 9.17) is 0 Å². The van der Waals surface area contributed by atoms with Gasteiger partial charge in [-0.3, -0.25) is 9.59 Å². The van der Waals surface area contributed by atoms with E-state index in [0.29, 0.717) is 39.0 Å². The number of carbonyl (C=O) groups excluding carboxylic acids is 3. The minimum absolute atomic E-state index is 0.0625. The second-order valence-electron chi connectivity index (χ2n) is 10.8. The summed E-state index contributed by atoms with van der Waals surface area (Å²) in [7, 11) is 0. The van der Waals surface area contributed by atoms with Crippen molar-refractivity contribution >= 4 is 17.8 Å². The van der Waals surface area contributed by atoms with Crippen LogP contribution in [0.4, 0.5) is 9.18 Å². The van der Waals surface area contributed by atoms with Crippen LogP contribution in [0.25, 0.3) is 0 Å². The molecule has 4 amide bonds. The van der Waals surface area contributed by atoms with E-state index in [1.165, 1.54) is 23.3 Å². The SMILES string of the molecule is O=C1NCCCCCCN(C(=O)NCc2ccc(F)cc2)[C@H]2C[C@H](C(=O)N3CCc4ccccc4C3)C[C@@H]12. The Labute approximate surface area is 223 Å². The molecule has 2 fully saturated rings. The van der Waals surface area contributed by atoms with Crippen molar-refractivity contribution in [3.8, 4) is 0 Å². The average Bonchev–Trinajstić information content (AvgIpc) is 3.37. The summed E-state index contributed by atoms with van der Waals surface area (Å²) >= 11 is 0. The summed E-state index contributed by atoms with van der Waals surface area (Å²) in [5, 5.41) is 6.04. The summed E-state index contributed by atoms with van der Waals surface area (Å²) in [4.78, 5) is 44.1. The Balaban J connectivity index is 1.32. The number of amides is 4. The normalized spacial score (nSPS) is 24.0. The molecule has 5 rings (SSSR count). The fourth-order valence-electron chi connectivity index (χ4n) is 6.19. The van der Waals surface area contributed by atoms with Gasteiger partial charge in [-0.25, -0.2) is 9.18 Å². The largest absolute Gasteiger partial charge is 0.356 e. The van der Waals surface area contributed by atoms with E-state index in [9.17, 15) is 18.8 Å². The Hall–Kier alpha value is -3.42. The van der Waals surface area contributed by atoms with Gasteiger partial charge in [0, 0.05) is 44.7 Å². The molecule has 1 saturated heterocycles. The third-order valence-electron chi connectivity index (χ3n) is 8.30. The predicted molar refractivity (Wildman–Crippen MR) is 142 cm³/mol. The second-order valence-corrected chi connectivity index (χ2v) is 10.8. The van der Waals surface area contributed by atoms with E-state index in [1.807, 2.05) is 17.0 Å². The first-order valence-corrected chi connectivity index (χ1v) is 13.9. The van der Waals surface area contributed by atoms with Crippen molar-refractivity contribution in [2.24, 2.45) is 11.8 Å². The molecule has 8 heteroatoms. The first kappa shape index (κ1) is 26.2.